The van der Waals surface area contributed by atoms with Crippen LogP contribution in [0.5, 0.6) is 0 Å². The Balaban J connectivity index is 1.42. The lowest BCUT2D eigenvalue weighted by Gasteiger charge is -2.20. The molecule has 1 aliphatic carbocycles. The molecule has 200 valence electrons. The fourth-order valence-corrected chi connectivity index (χ4v) is 5.37. The van der Waals surface area contributed by atoms with Gasteiger partial charge in [0.1, 0.15) is 11.5 Å². The predicted octanol–water partition coefficient (Wildman–Crippen LogP) is 4.21. The van der Waals surface area contributed by atoms with Crippen LogP contribution in [0.1, 0.15) is 56.2 Å². The molecule has 38 heavy (non-hydrogen) atoms. The Hall–Kier alpha value is -4.15. The Morgan fingerprint density at radius 1 is 1.21 bits per heavy atom. The normalized spacial score (nSPS) is 17.9. The summed E-state index contributed by atoms with van der Waals surface area (Å²) in [6.45, 7) is 5.72. The first-order valence-corrected chi connectivity index (χ1v) is 13.1. The number of rotatable bonds is 8. The van der Waals surface area contributed by atoms with Gasteiger partial charge in [0.25, 0.3) is 5.56 Å². The van der Waals surface area contributed by atoms with Gasteiger partial charge in [0.2, 0.25) is 5.95 Å². The number of nitrogens with zero attached hydrogens (tertiary/aromatic N) is 5. The highest BCUT2D eigenvalue weighted by Gasteiger charge is 2.25. The molecule has 1 saturated heterocycles. The summed E-state index contributed by atoms with van der Waals surface area (Å²) in [5.74, 6) is 0.947. The number of amides is 1. The molecule has 0 spiro atoms. The van der Waals surface area contributed by atoms with Gasteiger partial charge in [-0.1, -0.05) is 12.8 Å². The van der Waals surface area contributed by atoms with E-state index in [1.807, 2.05) is 30.5 Å². The summed E-state index contributed by atoms with van der Waals surface area (Å²) in [7, 11) is 0. The topological polar surface area (TPSA) is 134 Å². The van der Waals surface area contributed by atoms with Gasteiger partial charge in [-0.2, -0.15) is 4.98 Å². The average Bonchev–Trinajstić information content (AvgIpc) is 3.59. The maximum Gasteiger partial charge on any atom is 0.404 e. The molecule has 3 N–H and O–H groups in total. The van der Waals surface area contributed by atoms with Gasteiger partial charge in [-0.05, 0) is 56.9 Å². The highest BCUT2D eigenvalue weighted by atomic mass is 16.5. The second-order valence-corrected chi connectivity index (χ2v) is 9.75. The minimum Gasteiger partial charge on any atom is -0.501 e. The highest BCUT2D eigenvalue weighted by molar-refractivity contribution is 5.83. The minimum atomic E-state index is -1.00. The molecule has 4 heterocycles. The van der Waals surface area contributed by atoms with Crippen molar-refractivity contribution in [1.82, 2.24) is 24.8 Å². The largest absolute Gasteiger partial charge is 0.501 e. The first kappa shape index (κ1) is 25.5. The number of aryl methyl sites for hydroxylation is 1. The smallest absolute Gasteiger partial charge is 0.404 e. The van der Waals surface area contributed by atoms with Crippen LogP contribution in [0.4, 0.5) is 22.2 Å². The Morgan fingerprint density at radius 2 is 2.03 bits per heavy atom. The van der Waals surface area contributed by atoms with Crippen molar-refractivity contribution >= 4 is 40.7 Å². The summed E-state index contributed by atoms with van der Waals surface area (Å²) < 4.78 is 7.20. The lowest BCUT2D eigenvalue weighted by molar-refractivity contribution is 0.191. The number of nitrogens with one attached hydrogen (secondary N) is 2. The third kappa shape index (κ3) is 5.27. The summed E-state index contributed by atoms with van der Waals surface area (Å²) in [5.41, 5.74) is 2.90. The number of pyridine rings is 2. The first-order valence-electron chi connectivity index (χ1n) is 13.1. The van der Waals surface area contributed by atoms with E-state index in [-0.39, 0.29) is 17.6 Å². The number of carboxylic acid groups (broad SMARTS) is 1. The monoisotopic (exact) mass is 519 g/mol. The van der Waals surface area contributed by atoms with Crippen molar-refractivity contribution in [3.8, 4) is 0 Å². The number of fused-ring (bicyclic) bond motifs is 1. The molecule has 2 fully saturated rings. The van der Waals surface area contributed by atoms with Crippen LogP contribution >= 0.6 is 0 Å². The molecule has 11 heteroatoms. The van der Waals surface area contributed by atoms with Gasteiger partial charge in [-0.25, -0.2) is 14.8 Å². The van der Waals surface area contributed by atoms with Gasteiger partial charge in [-0.15, -0.1) is 0 Å². The second kappa shape index (κ2) is 11.1. The summed E-state index contributed by atoms with van der Waals surface area (Å²) in [6.07, 6.45) is 10.7. The van der Waals surface area contributed by atoms with E-state index in [1.165, 1.54) is 0 Å². The van der Waals surface area contributed by atoms with E-state index >= 15 is 0 Å². The number of aromatic nitrogens is 4. The van der Waals surface area contributed by atoms with Crippen LogP contribution in [0.15, 0.2) is 35.6 Å². The molecule has 3 aromatic rings. The van der Waals surface area contributed by atoms with E-state index in [0.29, 0.717) is 36.1 Å². The van der Waals surface area contributed by atoms with Crippen LogP contribution in [0.3, 0.4) is 0 Å². The van der Waals surface area contributed by atoms with Crippen molar-refractivity contribution in [1.29, 1.82) is 0 Å². The SMILES string of the molecule is CCOC=Cc1c(C)c2cnc(Nc3ccc(N4CCC(NC(=O)O)C4)cn3)nc2n(C2CCCC2)c1=O. The van der Waals surface area contributed by atoms with Crippen molar-refractivity contribution in [2.24, 2.45) is 0 Å². The zero-order valence-corrected chi connectivity index (χ0v) is 21.7. The minimum absolute atomic E-state index is 0.0636. The Kier molecular flexibility index (Phi) is 7.43. The summed E-state index contributed by atoms with van der Waals surface area (Å²) in [6, 6.07) is 3.80. The molecular formula is C27H33N7O4. The standard InChI is InChI=1S/C27H33N7O4/c1-3-38-13-11-21-17(2)22-15-29-26(32-24(22)34(25(21)35)19-6-4-5-7-19)31-23-9-8-20(14-28-23)33-12-10-18(16-33)30-27(36)37/h8-9,11,13-15,18-19,30H,3-7,10,12,16H2,1-2H3,(H,36,37)(H,28,29,31,32). The molecule has 1 saturated carbocycles. The first-order chi connectivity index (χ1) is 18.4. The van der Waals surface area contributed by atoms with Gasteiger partial charge >= 0.3 is 6.09 Å². The number of ether oxygens (including phenoxy) is 1. The molecule has 1 amide bonds. The Morgan fingerprint density at radius 3 is 2.74 bits per heavy atom. The van der Waals surface area contributed by atoms with Gasteiger partial charge in [0, 0.05) is 36.3 Å². The van der Waals surface area contributed by atoms with Crippen LogP contribution in [-0.4, -0.2) is 56.5 Å². The van der Waals surface area contributed by atoms with Gasteiger partial charge < -0.3 is 25.4 Å². The Labute approximate surface area is 220 Å². The third-order valence-electron chi connectivity index (χ3n) is 7.31. The lowest BCUT2D eigenvalue weighted by atomic mass is 10.1. The maximum atomic E-state index is 13.6. The molecule has 0 radical (unpaired) electrons. The number of carbonyl (C=O) groups is 1. The fraction of sp³-hybridized carbons (Fsp3) is 0.444. The van der Waals surface area contributed by atoms with E-state index < -0.39 is 6.09 Å². The van der Waals surface area contributed by atoms with E-state index in [1.54, 1.807) is 24.7 Å². The summed E-state index contributed by atoms with van der Waals surface area (Å²) >= 11 is 0. The quantitative estimate of drug-likeness (QED) is 0.374. The number of hydrogen-bond acceptors (Lipinski definition) is 8. The number of anilines is 3. The molecule has 2 aliphatic rings. The van der Waals surface area contributed by atoms with Crippen molar-refractivity contribution in [2.45, 2.75) is 58.0 Å². The fourth-order valence-electron chi connectivity index (χ4n) is 5.37. The molecule has 5 rings (SSSR count). The predicted molar refractivity (Wildman–Crippen MR) is 146 cm³/mol. The second-order valence-electron chi connectivity index (χ2n) is 9.75. The molecule has 0 aromatic carbocycles. The lowest BCUT2D eigenvalue weighted by Crippen LogP contribution is -2.36. The van der Waals surface area contributed by atoms with Gasteiger partial charge in [0.15, 0.2) is 0 Å². The maximum absolute atomic E-state index is 13.6. The molecule has 11 nitrogen and oxygen atoms in total. The highest BCUT2D eigenvalue weighted by Crippen LogP contribution is 2.32. The van der Waals surface area contributed by atoms with E-state index in [2.05, 4.69) is 25.5 Å². The number of hydrogen-bond donors (Lipinski definition) is 3. The van der Waals surface area contributed by atoms with Crippen molar-refractivity contribution in [3.63, 3.8) is 0 Å². The van der Waals surface area contributed by atoms with Crippen LogP contribution in [0.2, 0.25) is 0 Å². The Bertz CT molecular complexity index is 1400. The molecule has 1 aliphatic heterocycles. The van der Waals surface area contributed by atoms with Crippen LogP contribution < -0.4 is 21.1 Å². The van der Waals surface area contributed by atoms with Crippen molar-refractivity contribution < 1.29 is 14.6 Å². The molecular weight excluding hydrogens is 486 g/mol. The molecule has 3 aromatic heterocycles. The van der Waals surface area contributed by atoms with Crippen LogP contribution in [0, 0.1) is 6.92 Å². The molecule has 1 unspecified atom stereocenters. The van der Waals surface area contributed by atoms with E-state index in [0.717, 1.165) is 55.3 Å². The van der Waals surface area contributed by atoms with Gasteiger partial charge in [0.05, 0.1) is 30.8 Å². The van der Waals surface area contributed by atoms with Crippen LogP contribution in [0.25, 0.3) is 17.1 Å². The van der Waals surface area contributed by atoms with Crippen molar-refractivity contribution in [3.05, 3.63) is 52.3 Å². The zero-order chi connectivity index (χ0) is 26.6. The van der Waals surface area contributed by atoms with Crippen LogP contribution in [-0.2, 0) is 4.74 Å². The third-order valence-corrected chi connectivity index (χ3v) is 7.31. The summed E-state index contributed by atoms with van der Waals surface area (Å²) in [5, 5.41) is 15.5. The van der Waals surface area contributed by atoms with Crippen molar-refractivity contribution in [2.75, 3.05) is 29.9 Å². The van der Waals surface area contributed by atoms with Gasteiger partial charge in [-0.3, -0.25) is 9.36 Å². The zero-order valence-electron chi connectivity index (χ0n) is 21.7. The van der Waals surface area contributed by atoms with E-state index in [4.69, 9.17) is 14.8 Å². The molecule has 0 bridgehead atoms. The average molecular weight is 520 g/mol. The molecule has 1 atom stereocenters. The van der Waals surface area contributed by atoms with E-state index in [9.17, 15) is 9.59 Å². The summed E-state index contributed by atoms with van der Waals surface area (Å²) in [4.78, 5) is 40.5.